The number of hydrogen-bond donors (Lipinski definition) is 1. The number of nitrogens with one attached hydrogen (secondary N) is 1. The third kappa shape index (κ3) is 3.79. The fraction of sp³-hybridized carbons (Fsp3) is 0.867. The standard InChI is InChI=1S/C15H28N4O/c1-15(2,3)14-17-13(20-18-14)10-19(5)12-8-6-11(16-4)7-9-12/h11-12,16H,6-10H2,1-5H3. The molecular weight excluding hydrogens is 252 g/mol. The van der Waals surface area contributed by atoms with E-state index in [-0.39, 0.29) is 5.41 Å². The summed E-state index contributed by atoms with van der Waals surface area (Å²) < 4.78 is 5.38. The summed E-state index contributed by atoms with van der Waals surface area (Å²) in [7, 11) is 4.21. The van der Waals surface area contributed by atoms with Crippen LogP contribution in [0.15, 0.2) is 4.52 Å². The van der Waals surface area contributed by atoms with E-state index in [0.717, 1.165) is 18.3 Å². The minimum atomic E-state index is -0.0504. The molecule has 0 atom stereocenters. The molecule has 0 unspecified atom stereocenters. The van der Waals surface area contributed by atoms with Crippen molar-refractivity contribution in [2.45, 2.75) is 70.5 Å². The van der Waals surface area contributed by atoms with Crippen LogP contribution in [0.5, 0.6) is 0 Å². The van der Waals surface area contributed by atoms with Crippen molar-refractivity contribution in [3.63, 3.8) is 0 Å². The lowest BCUT2D eigenvalue weighted by Gasteiger charge is -2.33. The van der Waals surface area contributed by atoms with Crippen LogP contribution in [0, 0.1) is 0 Å². The minimum Gasteiger partial charge on any atom is -0.338 e. The second kappa shape index (κ2) is 6.22. The summed E-state index contributed by atoms with van der Waals surface area (Å²) in [5.74, 6) is 1.52. The van der Waals surface area contributed by atoms with Crippen LogP contribution in [0.2, 0.25) is 0 Å². The van der Waals surface area contributed by atoms with Crippen LogP contribution >= 0.6 is 0 Å². The van der Waals surface area contributed by atoms with Crippen molar-refractivity contribution in [3.8, 4) is 0 Å². The maximum atomic E-state index is 5.38. The Morgan fingerprint density at radius 2 is 1.90 bits per heavy atom. The smallest absolute Gasteiger partial charge is 0.240 e. The van der Waals surface area contributed by atoms with Crippen molar-refractivity contribution in [2.75, 3.05) is 14.1 Å². The Hall–Kier alpha value is -0.940. The third-order valence-electron chi connectivity index (χ3n) is 4.25. The molecule has 1 fully saturated rings. The minimum absolute atomic E-state index is 0.0504. The third-order valence-corrected chi connectivity index (χ3v) is 4.25. The van der Waals surface area contributed by atoms with E-state index < -0.39 is 0 Å². The zero-order valence-corrected chi connectivity index (χ0v) is 13.4. The Balaban J connectivity index is 1.88. The number of aromatic nitrogens is 2. The van der Waals surface area contributed by atoms with Gasteiger partial charge in [-0.1, -0.05) is 25.9 Å². The van der Waals surface area contributed by atoms with Gasteiger partial charge in [-0.2, -0.15) is 4.98 Å². The van der Waals surface area contributed by atoms with Gasteiger partial charge in [-0.25, -0.2) is 0 Å². The lowest BCUT2D eigenvalue weighted by molar-refractivity contribution is 0.153. The van der Waals surface area contributed by atoms with Crippen LogP contribution in [-0.4, -0.2) is 41.2 Å². The van der Waals surface area contributed by atoms with Crippen LogP contribution in [0.25, 0.3) is 0 Å². The second-order valence-electron chi connectivity index (χ2n) is 6.97. The van der Waals surface area contributed by atoms with Gasteiger partial charge in [-0.05, 0) is 39.8 Å². The second-order valence-corrected chi connectivity index (χ2v) is 6.97. The Bertz CT molecular complexity index is 416. The molecule has 0 aromatic carbocycles. The summed E-state index contributed by atoms with van der Waals surface area (Å²) in [5, 5.41) is 7.46. The van der Waals surface area contributed by atoms with Gasteiger partial charge < -0.3 is 9.84 Å². The first kappa shape index (κ1) is 15.4. The number of hydrogen-bond acceptors (Lipinski definition) is 5. The van der Waals surface area contributed by atoms with Gasteiger partial charge in [-0.3, -0.25) is 4.90 Å². The molecule has 2 rings (SSSR count). The van der Waals surface area contributed by atoms with E-state index in [2.05, 4.69) is 55.2 Å². The first-order valence-electron chi connectivity index (χ1n) is 7.60. The van der Waals surface area contributed by atoms with Gasteiger partial charge >= 0.3 is 0 Å². The lowest BCUT2D eigenvalue weighted by Crippen LogP contribution is -2.39. The first-order valence-corrected chi connectivity index (χ1v) is 7.60. The van der Waals surface area contributed by atoms with Crippen molar-refractivity contribution in [2.24, 2.45) is 0 Å². The highest BCUT2D eigenvalue weighted by Crippen LogP contribution is 2.24. The van der Waals surface area contributed by atoms with Crippen LogP contribution < -0.4 is 5.32 Å². The zero-order valence-electron chi connectivity index (χ0n) is 13.4. The predicted molar refractivity (Wildman–Crippen MR) is 79.6 cm³/mol. The van der Waals surface area contributed by atoms with Gasteiger partial charge in [0.2, 0.25) is 5.89 Å². The maximum absolute atomic E-state index is 5.38. The average Bonchev–Trinajstić information content (AvgIpc) is 2.87. The molecule has 1 aliphatic carbocycles. The molecule has 5 nitrogen and oxygen atoms in total. The first-order chi connectivity index (χ1) is 9.40. The highest BCUT2D eigenvalue weighted by Gasteiger charge is 2.25. The van der Waals surface area contributed by atoms with E-state index in [4.69, 9.17) is 4.52 Å². The highest BCUT2D eigenvalue weighted by atomic mass is 16.5. The van der Waals surface area contributed by atoms with Gasteiger partial charge in [0.25, 0.3) is 0 Å². The van der Waals surface area contributed by atoms with Crippen molar-refractivity contribution < 1.29 is 4.52 Å². The molecule has 1 aromatic heterocycles. The summed E-state index contributed by atoms with van der Waals surface area (Å²) in [4.78, 5) is 6.87. The molecular formula is C15H28N4O. The Labute approximate surface area is 122 Å². The maximum Gasteiger partial charge on any atom is 0.240 e. The normalized spacial score (nSPS) is 24.3. The molecule has 1 aliphatic rings. The zero-order chi connectivity index (χ0) is 14.8. The van der Waals surface area contributed by atoms with Crippen LogP contribution in [0.1, 0.15) is 58.2 Å². The van der Waals surface area contributed by atoms with E-state index in [1.165, 1.54) is 25.7 Å². The van der Waals surface area contributed by atoms with Gasteiger partial charge in [-0.15, -0.1) is 0 Å². The SMILES string of the molecule is CNC1CCC(N(C)Cc2nc(C(C)(C)C)no2)CC1. The predicted octanol–water partition coefficient (Wildman–Crippen LogP) is 2.33. The molecule has 114 valence electrons. The number of nitrogens with zero attached hydrogens (tertiary/aromatic N) is 3. The molecule has 0 saturated heterocycles. The van der Waals surface area contributed by atoms with E-state index in [1.54, 1.807) is 0 Å². The fourth-order valence-corrected chi connectivity index (χ4v) is 2.77. The summed E-state index contributed by atoms with van der Waals surface area (Å²) in [6.07, 6.45) is 4.98. The Morgan fingerprint density at radius 1 is 1.25 bits per heavy atom. The summed E-state index contributed by atoms with van der Waals surface area (Å²) >= 11 is 0. The highest BCUT2D eigenvalue weighted by molar-refractivity contribution is 5.00. The summed E-state index contributed by atoms with van der Waals surface area (Å²) in [6.45, 7) is 7.05. The molecule has 5 heteroatoms. The Morgan fingerprint density at radius 3 is 2.40 bits per heavy atom. The van der Waals surface area contributed by atoms with Gasteiger partial charge in [0.05, 0.1) is 6.54 Å². The molecule has 1 aromatic rings. The largest absolute Gasteiger partial charge is 0.338 e. The molecule has 1 heterocycles. The van der Waals surface area contributed by atoms with Crippen molar-refractivity contribution in [3.05, 3.63) is 11.7 Å². The summed E-state index contributed by atoms with van der Waals surface area (Å²) in [6, 6.07) is 1.32. The monoisotopic (exact) mass is 280 g/mol. The molecule has 0 spiro atoms. The van der Waals surface area contributed by atoms with Gasteiger partial charge in [0.15, 0.2) is 5.82 Å². The molecule has 0 aliphatic heterocycles. The van der Waals surface area contributed by atoms with E-state index in [9.17, 15) is 0 Å². The number of rotatable bonds is 4. The lowest BCUT2D eigenvalue weighted by atomic mass is 9.90. The van der Waals surface area contributed by atoms with Crippen molar-refractivity contribution in [1.29, 1.82) is 0 Å². The fourth-order valence-electron chi connectivity index (χ4n) is 2.77. The van der Waals surface area contributed by atoms with E-state index in [0.29, 0.717) is 12.1 Å². The van der Waals surface area contributed by atoms with Crippen LogP contribution in [0.3, 0.4) is 0 Å². The molecule has 1 saturated carbocycles. The average molecular weight is 280 g/mol. The van der Waals surface area contributed by atoms with Gasteiger partial charge in [0, 0.05) is 17.5 Å². The molecule has 0 amide bonds. The quantitative estimate of drug-likeness (QED) is 0.917. The van der Waals surface area contributed by atoms with E-state index in [1.807, 2.05) is 0 Å². The van der Waals surface area contributed by atoms with Crippen LogP contribution in [-0.2, 0) is 12.0 Å². The van der Waals surface area contributed by atoms with Gasteiger partial charge in [0.1, 0.15) is 0 Å². The molecule has 20 heavy (non-hydrogen) atoms. The van der Waals surface area contributed by atoms with Crippen molar-refractivity contribution >= 4 is 0 Å². The topological polar surface area (TPSA) is 54.2 Å². The molecule has 0 radical (unpaired) electrons. The van der Waals surface area contributed by atoms with E-state index >= 15 is 0 Å². The van der Waals surface area contributed by atoms with Crippen molar-refractivity contribution in [1.82, 2.24) is 20.4 Å². The molecule has 1 N–H and O–H groups in total. The molecule has 0 bridgehead atoms. The Kier molecular flexibility index (Phi) is 4.81. The summed E-state index contributed by atoms with van der Waals surface area (Å²) in [5.41, 5.74) is -0.0504. The van der Waals surface area contributed by atoms with Crippen LogP contribution in [0.4, 0.5) is 0 Å².